The van der Waals surface area contributed by atoms with Gasteiger partial charge in [0.1, 0.15) is 0 Å². The fraction of sp³-hybridized carbons (Fsp3) is 1.00. The van der Waals surface area contributed by atoms with E-state index in [2.05, 4.69) is 20.8 Å². The first-order valence-corrected chi connectivity index (χ1v) is 6.08. The van der Waals surface area contributed by atoms with Crippen molar-refractivity contribution in [3.8, 4) is 0 Å². The van der Waals surface area contributed by atoms with Crippen LogP contribution in [0, 0.1) is 0 Å². The second-order valence-electron chi connectivity index (χ2n) is 3.67. The van der Waals surface area contributed by atoms with Gasteiger partial charge in [-0.2, -0.15) is 0 Å². The lowest BCUT2D eigenvalue weighted by atomic mass is 10.3. The second-order valence-corrected chi connectivity index (χ2v) is 3.67. The van der Waals surface area contributed by atoms with Crippen LogP contribution in [0.5, 0.6) is 0 Å². The van der Waals surface area contributed by atoms with Crippen LogP contribution < -0.4 is 0 Å². The summed E-state index contributed by atoms with van der Waals surface area (Å²) < 4.78 is 11.3. The van der Waals surface area contributed by atoms with Crippen LogP contribution in [0.15, 0.2) is 0 Å². The molecule has 0 aromatic heterocycles. The van der Waals surface area contributed by atoms with Crippen molar-refractivity contribution in [1.29, 1.82) is 0 Å². The molecule has 0 heterocycles. The lowest BCUT2D eigenvalue weighted by molar-refractivity contribution is -0.146. The van der Waals surface area contributed by atoms with Gasteiger partial charge in [-0.15, -0.1) is 0 Å². The molecule has 2 nitrogen and oxygen atoms in total. The molecule has 0 aromatic carbocycles. The highest BCUT2D eigenvalue weighted by atomic mass is 16.7. The largest absolute Gasteiger partial charge is 0.353 e. The van der Waals surface area contributed by atoms with Crippen LogP contribution in [0.2, 0.25) is 0 Å². The summed E-state index contributed by atoms with van der Waals surface area (Å²) in [7, 11) is 0. The summed E-state index contributed by atoms with van der Waals surface area (Å²) in [5, 5.41) is 0. The molecule has 0 aromatic rings. The Morgan fingerprint density at radius 1 is 0.786 bits per heavy atom. The minimum absolute atomic E-state index is 0.0387. The summed E-state index contributed by atoms with van der Waals surface area (Å²) in [5.74, 6) is 0. The van der Waals surface area contributed by atoms with Crippen LogP contribution in [0.1, 0.15) is 59.3 Å². The third-order valence-electron chi connectivity index (χ3n) is 2.08. The van der Waals surface area contributed by atoms with E-state index in [1.165, 1.54) is 12.8 Å². The number of ether oxygens (including phenoxy) is 2. The summed E-state index contributed by atoms with van der Waals surface area (Å²) in [6.45, 7) is 8.16. The summed E-state index contributed by atoms with van der Waals surface area (Å²) in [6.07, 6.45) is 6.92. The lowest BCUT2D eigenvalue weighted by Gasteiger charge is -2.17. The van der Waals surface area contributed by atoms with Crippen LogP contribution in [0.4, 0.5) is 0 Å². The Hall–Kier alpha value is -0.0800. The third kappa shape index (κ3) is 8.52. The monoisotopic (exact) mass is 202 g/mol. The Kier molecular flexibility index (Phi) is 10.9. The van der Waals surface area contributed by atoms with Crippen molar-refractivity contribution >= 4 is 0 Å². The molecule has 0 amide bonds. The Balaban J connectivity index is 3.40. The molecule has 14 heavy (non-hydrogen) atoms. The van der Waals surface area contributed by atoms with E-state index in [-0.39, 0.29) is 6.29 Å². The van der Waals surface area contributed by atoms with Crippen LogP contribution in [-0.2, 0) is 9.47 Å². The SMILES string of the molecule is CCCCCOC(CCC)OCCC. The quantitative estimate of drug-likeness (QED) is 0.397. The molecule has 0 N–H and O–H groups in total. The molecule has 0 spiro atoms. The van der Waals surface area contributed by atoms with E-state index in [4.69, 9.17) is 9.47 Å². The minimum atomic E-state index is 0.0387. The first-order valence-electron chi connectivity index (χ1n) is 6.08. The van der Waals surface area contributed by atoms with Crippen molar-refractivity contribution in [3.63, 3.8) is 0 Å². The molecule has 2 heteroatoms. The highest BCUT2D eigenvalue weighted by Gasteiger charge is 2.06. The predicted octanol–water partition coefficient (Wildman–Crippen LogP) is 3.75. The highest BCUT2D eigenvalue weighted by Crippen LogP contribution is 2.06. The summed E-state index contributed by atoms with van der Waals surface area (Å²) >= 11 is 0. The van der Waals surface area contributed by atoms with Crippen LogP contribution >= 0.6 is 0 Å². The zero-order chi connectivity index (χ0) is 10.6. The van der Waals surface area contributed by atoms with Gasteiger partial charge in [0.2, 0.25) is 0 Å². The minimum Gasteiger partial charge on any atom is -0.353 e. The maximum absolute atomic E-state index is 5.66. The molecule has 1 unspecified atom stereocenters. The zero-order valence-electron chi connectivity index (χ0n) is 10.1. The van der Waals surface area contributed by atoms with E-state index in [1.807, 2.05) is 0 Å². The molecule has 0 bridgehead atoms. The van der Waals surface area contributed by atoms with Gasteiger partial charge in [-0.1, -0.05) is 40.0 Å². The maximum atomic E-state index is 5.66. The molecular weight excluding hydrogens is 176 g/mol. The van der Waals surface area contributed by atoms with E-state index in [0.717, 1.165) is 38.9 Å². The molecule has 0 saturated carbocycles. The van der Waals surface area contributed by atoms with Gasteiger partial charge in [-0.25, -0.2) is 0 Å². The topological polar surface area (TPSA) is 18.5 Å². The number of hydrogen-bond donors (Lipinski definition) is 0. The van der Waals surface area contributed by atoms with Gasteiger partial charge in [-0.05, 0) is 19.3 Å². The lowest BCUT2D eigenvalue weighted by Crippen LogP contribution is -2.18. The number of hydrogen-bond acceptors (Lipinski definition) is 2. The van der Waals surface area contributed by atoms with Gasteiger partial charge in [0.25, 0.3) is 0 Å². The maximum Gasteiger partial charge on any atom is 0.157 e. The molecule has 0 radical (unpaired) electrons. The van der Waals surface area contributed by atoms with Crippen molar-refractivity contribution < 1.29 is 9.47 Å². The van der Waals surface area contributed by atoms with E-state index in [0.29, 0.717) is 0 Å². The Morgan fingerprint density at radius 3 is 2.07 bits per heavy atom. The van der Waals surface area contributed by atoms with Crippen molar-refractivity contribution in [2.45, 2.75) is 65.6 Å². The summed E-state index contributed by atoms with van der Waals surface area (Å²) in [4.78, 5) is 0. The number of rotatable bonds is 10. The average Bonchev–Trinajstić information content (AvgIpc) is 2.20. The Morgan fingerprint density at radius 2 is 1.50 bits per heavy atom. The summed E-state index contributed by atoms with van der Waals surface area (Å²) in [6, 6.07) is 0. The van der Waals surface area contributed by atoms with Crippen molar-refractivity contribution in [3.05, 3.63) is 0 Å². The van der Waals surface area contributed by atoms with Gasteiger partial charge >= 0.3 is 0 Å². The number of unbranched alkanes of at least 4 members (excludes halogenated alkanes) is 2. The van der Waals surface area contributed by atoms with Crippen molar-refractivity contribution in [2.24, 2.45) is 0 Å². The molecular formula is C12H26O2. The molecule has 0 aliphatic heterocycles. The fourth-order valence-corrected chi connectivity index (χ4v) is 1.27. The Bertz CT molecular complexity index is 104. The van der Waals surface area contributed by atoms with Gasteiger partial charge in [-0.3, -0.25) is 0 Å². The fourth-order valence-electron chi connectivity index (χ4n) is 1.27. The second kappa shape index (κ2) is 11.0. The predicted molar refractivity (Wildman–Crippen MR) is 60.4 cm³/mol. The van der Waals surface area contributed by atoms with Crippen LogP contribution in [0.3, 0.4) is 0 Å². The molecule has 0 fully saturated rings. The Labute approximate surface area is 89.0 Å². The molecule has 86 valence electrons. The highest BCUT2D eigenvalue weighted by molar-refractivity contribution is 4.45. The smallest absolute Gasteiger partial charge is 0.157 e. The molecule has 0 aliphatic carbocycles. The van der Waals surface area contributed by atoms with Gasteiger partial charge in [0, 0.05) is 13.2 Å². The molecule has 1 atom stereocenters. The van der Waals surface area contributed by atoms with Crippen molar-refractivity contribution in [1.82, 2.24) is 0 Å². The average molecular weight is 202 g/mol. The van der Waals surface area contributed by atoms with E-state index in [1.54, 1.807) is 0 Å². The molecule has 0 aliphatic rings. The normalized spacial score (nSPS) is 13.1. The van der Waals surface area contributed by atoms with E-state index < -0.39 is 0 Å². The molecule has 0 saturated heterocycles. The van der Waals surface area contributed by atoms with Gasteiger partial charge < -0.3 is 9.47 Å². The van der Waals surface area contributed by atoms with Gasteiger partial charge in [0.05, 0.1) is 0 Å². The van der Waals surface area contributed by atoms with E-state index in [9.17, 15) is 0 Å². The van der Waals surface area contributed by atoms with Crippen LogP contribution in [0.25, 0.3) is 0 Å². The standard InChI is InChI=1S/C12H26O2/c1-4-7-8-11-14-12(9-5-2)13-10-6-3/h12H,4-11H2,1-3H3. The molecule has 0 rings (SSSR count). The van der Waals surface area contributed by atoms with Gasteiger partial charge in [0.15, 0.2) is 6.29 Å². The first-order chi connectivity index (χ1) is 6.85. The third-order valence-corrected chi connectivity index (χ3v) is 2.08. The van der Waals surface area contributed by atoms with Crippen molar-refractivity contribution in [2.75, 3.05) is 13.2 Å². The zero-order valence-corrected chi connectivity index (χ0v) is 10.1. The van der Waals surface area contributed by atoms with E-state index >= 15 is 0 Å². The summed E-state index contributed by atoms with van der Waals surface area (Å²) in [5.41, 5.74) is 0. The first kappa shape index (κ1) is 13.9. The van der Waals surface area contributed by atoms with Crippen LogP contribution in [-0.4, -0.2) is 19.5 Å².